The summed E-state index contributed by atoms with van der Waals surface area (Å²) in [5.41, 5.74) is 11.0. The van der Waals surface area contributed by atoms with Gasteiger partial charge in [0.25, 0.3) is 0 Å². The average Bonchev–Trinajstić information content (AvgIpc) is 3.05. The van der Waals surface area contributed by atoms with E-state index in [1.165, 1.54) is 22.3 Å². The zero-order chi connectivity index (χ0) is 19.2. The first-order chi connectivity index (χ1) is 13.5. The van der Waals surface area contributed by atoms with Crippen molar-refractivity contribution in [2.24, 2.45) is 0 Å². The first-order valence-corrected chi connectivity index (χ1v) is 9.90. The number of cyclic esters (lactones) is 1. The third-order valence-corrected chi connectivity index (χ3v) is 6.85. The third kappa shape index (κ3) is 1.96. The molecular formula is C23H21FN2O2. The van der Waals surface area contributed by atoms with E-state index in [-0.39, 0.29) is 24.3 Å². The predicted octanol–water partition coefficient (Wildman–Crippen LogP) is 3.85. The third-order valence-electron chi connectivity index (χ3n) is 6.85. The van der Waals surface area contributed by atoms with Gasteiger partial charge in [-0.1, -0.05) is 6.58 Å². The van der Waals surface area contributed by atoms with Gasteiger partial charge in [0.2, 0.25) is 0 Å². The smallest absolute Gasteiger partial charge is 0.310 e. The number of esters is 1. The number of carbonyl (C=O) groups is 1. The standard InChI is InChI=1S/C23H21FN2O2/c1-11-14-4-3-5-15-16-9-26-12(2)17-10-28-21(27)7-13(17)6-20(26)23(16)25-19(22(14)15)8-18(11)24/h6,8,19,25H,2-5,7,9-10H2,1H3. The Bertz CT molecular complexity index is 1080. The zero-order valence-electron chi connectivity index (χ0n) is 15.8. The SMILES string of the molecule is C=C1C2=C(C=C3C4=C(CN13)C1=C3C(=C(C)C(F)=CC3N4)CCC1)CC(=O)OC2. The van der Waals surface area contributed by atoms with Crippen molar-refractivity contribution in [2.75, 3.05) is 13.2 Å². The van der Waals surface area contributed by atoms with Crippen molar-refractivity contribution in [3.8, 4) is 0 Å². The minimum atomic E-state index is -0.194. The predicted molar refractivity (Wildman–Crippen MR) is 103 cm³/mol. The number of ether oxygens (including phenoxy) is 1. The number of hydrogen-bond acceptors (Lipinski definition) is 4. The lowest BCUT2D eigenvalue weighted by Gasteiger charge is -2.37. The molecule has 1 atom stereocenters. The molecule has 0 bridgehead atoms. The molecule has 5 heteroatoms. The maximum atomic E-state index is 14.6. The zero-order valence-corrected chi connectivity index (χ0v) is 15.8. The lowest BCUT2D eigenvalue weighted by atomic mass is 9.74. The highest BCUT2D eigenvalue weighted by Gasteiger charge is 2.43. The summed E-state index contributed by atoms with van der Waals surface area (Å²) in [6.45, 7) is 7.26. The van der Waals surface area contributed by atoms with Crippen LogP contribution in [-0.4, -0.2) is 30.1 Å². The summed E-state index contributed by atoms with van der Waals surface area (Å²) in [6.07, 6.45) is 7.12. The van der Waals surface area contributed by atoms with Crippen molar-refractivity contribution >= 4 is 5.97 Å². The fraction of sp³-hybridized carbons (Fsp3) is 0.348. The highest BCUT2D eigenvalue weighted by atomic mass is 19.1. The van der Waals surface area contributed by atoms with E-state index in [2.05, 4.69) is 22.9 Å². The summed E-state index contributed by atoms with van der Waals surface area (Å²) in [7, 11) is 0. The van der Waals surface area contributed by atoms with Crippen molar-refractivity contribution in [1.29, 1.82) is 0 Å². The number of nitrogens with zero attached hydrogens (tertiary/aromatic N) is 1. The van der Waals surface area contributed by atoms with E-state index in [0.717, 1.165) is 59.6 Å². The second kappa shape index (κ2) is 5.37. The first kappa shape index (κ1) is 16.2. The fourth-order valence-corrected chi connectivity index (χ4v) is 5.44. The highest BCUT2D eigenvalue weighted by molar-refractivity contribution is 5.78. The number of nitrogens with one attached hydrogen (secondary N) is 1. The van der Waals surface area contributed by atoms with Gasteiger partial charge < -0.3 is 15.0 Å². The number of allylic oxidation sites excluding steroid dienone is 3. The summed E-state index contributed by atoms with van der Waals surface area (Å²) in [6, 6.07) is -0.117. The van der Waals surface area contributed by atoms with Gasteiger partial charge >= 0.3 is 5.97 Å². The number of carbonyl (C=O) groups excluding carboxylic acids is 1. The molecule has 4 heterocycles. The second-order valence-corrected chi connectivity index (χ2v) is 8.24. The number of halogens is 1. The monoisotopic (exact) mass is 376 g/mol. The van der Waals surface area contributed by atoms with Crippen LogP contribution >= 0.6 is 0 Å². The van der Waals surface area contributed by atoms with Crippen LogP contribution in [0.4, 0.5) is 4.39 Å². The molecule has 4 nitrogen and oxygen atoms in total. The van der Waals surface area contributed by atoms with Crippen LogP contribution in [0.2, 0.25) is 0 Å². The van der Waals surface area contributed by atoms with Crippen LogP contribution in [0.5, 0.6) is 0 Å². The van der Waals surface area contributed by atoms with Gasteiger partial charge in [-0.15, -0.1) is 0 Å². The lowest BCUT2D eigenvalue weighted by molar-refractivity contribution is -0.142. The molecule has 2 aliphatic carbocycles. The van der Waals surface area contributed by atoms with E-state index in [9.17, 15) is 9.18 Å². The quantitative estimate of drug-likeness (QED) is 0.652. The van der Waals surface area contributed by atoms with Crippen LogP contribution in [0.3, 0.4) is 0 Å². The summed E-state index contributed by atoms with van der Waals surface area (Å²) in [5.74, 6) is -0.307. The van der Waals surface area contributed by atoms with Crippen molar-refractivity contribution in [3.05, 3.63) is 80.7 Å². The molecule has 1 N–H and O–H groups in total. The molecule has 0 radical (unpaired) electrons. The molecule has 142 valence electrons. The molecule has 1 unspecified atom stereocenters. The van der Waals surface area contributed by atoms with Gasteiger partial charge in [0.05, 0.1) is 30.4 Å². The number of fused-ring (bicyclic) bond motifs is 3. The Morgan fingerprint density at radius 3 is 2.93 bits per heavy atom. The van der Waals surface area contributed by atoms with E-state index >= 15 is 0 Å². The Morgan fingerprint density at radius 2 is 2.07 bits per heavy atom. The van der Waals surface area contributed by atoms with Gasteiger partial charge in [-0.05, 0) is 66.2 Å². The lowest BCUT2D eigenvalue weighted by Crippen LogP contribution is -2.38. The van der Waals surface area contributed by atoms with E-state index in [1.807, 2.05) is 6.92 Å². The van der Waals surface area contributed by atoms with Crippen LogP contribution in [0.25, 0.3) is 0 Å². The fourth-order valence-electron chi connectivity index (χ4n) is 5.44. The van der Waals surface area contributed by atoms with Gasteiger partial charge in [0, 0.05) is 16.8 Å². The van der Waals surface area contributed by atoms with Crippen molar-refractivity contribution in [3.63, 3.8) is 0 Å². The Hall–Kier alpha value is -2.82. The Balaban J connectivity index is 1.51. The second-order valence-electron chi connectivity index (χ2n) is 8.24. The number of rotatable bonds is 0. The van der Waals surface area contributed by atoms with E-state index in [4.69, 9.17) is 4.74 Å². The molecule has 0 saturated carbocycles. The topological polar surface area (TPSA) is 41.6 Å². The molecule has 6 rings (SSSR count). The largest absolute Gasteiger partial charge is 0.460 e. The van der Waals surface area contributed by atoms with Gasteiger partial charge in [0.1, 0.15) is 12.4 Å². The van der Waals surface area contributed by atoms with Gasteiger partial charge in [-0.25, -0.2) is 4.39 Å². The van der Waals surface area contributed by atoms with Crippen molar-refractivity contribution in [1.82, 2.24) is 10.2 Å². The first-order valence-electron chi connectivity index (χ1n) is 9.90. The van der Waals surface area contributed by atoms with E-state index < -0.39 is 0 Å². The van der Waals surface area contributed by atoms with E-state index in [1.54, 1.807) is 6.08 Å². The minimum Gasteiger partial charge on any atom is -0.460 e. The number of hydrogen-bond donors (Lipinski definition) is 1. The molecule has 0 amide bonds. The molecule has 0 aromatic carbocycles. The Labute approximate surface area is 163 Å². The number of dihydropyridines is 1. The maximum absolute atomic E-state index is 14.6. The van der Waals surface area contributed by atoms with Crippen LogP contribution in [-0.2, 0) is 9.53 Å². The normalized spacial score (nSPS) is 28.4. The minimum absolute atomic E-state index is 0.113. The van der Waals surface area contributed by atoms with Crippen LogP contribution in [0.1, 0.15) is 32.6 Å². The molecule has 6 aliphatic rings. The van der Waals surface area contributed by atoms with Crippen molar-refractivity contribution < 1.29 is 13.9 Å². The molecule has 0 aromatic heterocycles. The molecule has 4 aliphatic heterocycles. The summed E-state index contributed by atoms with van der Waals surface area (Å²) >= 11 is 0. The van der Waals surface area contributed by atoms with Gasteiger partial charge in [-0.3, -0.25) is 4.79 Å². The molecule has 0 spiro atoms. The molecule has 0 aromatic rings. The van der Waals surface area contributed by atoms with Crippen LogP contribution in [0.15, 0.2) is 80.7 Å². The van der Waals surface area contributed by atoms with Gasteiger partial charge in [-0.2, -0.15) is 0 Å². The molecule has 0 saturated heterocycles. The highest BCUT2D eigenvalue weighted by Crippen LogP contribution is 2.50. The van der Waals surface area contributed by atoms with Crippen LogP contribution < -0.4 is 5.32 Å². The van der Waals surface area contributed by atoms with E-state index in [0.29, 0.717) is 6.61 Å². The molecule has 0 fully saturated rings. The maximum Gasteiger partial charge on any atom is 0.310 e. The Morgan fingerprint density at radius 1 is 1.25 bits per heavy atom. The molecule has 28 heavy (non-hydrogen) atoms. The molecular weight excluding hydrogens is 355 g/mol. The summed E-state index contributed by atoms with van der Waals surface area (Å²) in [4.78, 5) is 14.0. The summed E-state index contributed by atoms with van der Waals surface area (Å²) < 4.78 is 19.8. The van der Waals surface area contributed by atoms with Crippen LogP contribution in [0, 0.1) is 0 Å². The Kier molecular flexibility index (Phi) is 3.10. The average molecular weight is 376 g/mol. The summed E-state index contributed by atoms with van der Waals surface area (Å²) in [5, 5.41) is 3.60. The van der Waals surface area contributed by atoms with Gasteiger partial charge in [0.15, 0.2) is 0 Å². The van der Waals surface area contributed by atoms with Crippen molar-refractivity contribution in [2.45, 2.75) is 38.6 Å².